The summed E-state index contributed by atoms with van der Waals surface area (Å²) in [6.45, 7) is 0. The number of aliphatic hydroxyl groups is 1. The van der Waals surface area contributed by atoms with Crippen LogP contribution in [-0.2, 0) is 12.8 Å². The summed E-state index contributed by atoms with van der Waals surface area (Å²) < 4.78 is 14.4. The molecule has 1 N–H and O–H groups in total. The number of hydrogen-bond acceptors (Lipinski definition) is 2. The molecule has 1 aromatic carbocycles. The second-order valence-electron chi connectivity index (χ2n) is 3.85. The van der Waals surface area contributed by atoms with Gasteiger partial charge in [-0.2, -0.15) is 0 Å². The molecule has 0 aliphatic rings. The molecule has 0 radical (unpaired) electrons. The Morgan fingerprint density at radius 2 is 2.00 bits per heavy atom. The van der Waals surface area contributed by atoms with Gasteiger partial charge >= 0.3 is 0 Å². The molecule has 0 aliphatic heterocycles. The summed E-state index contributed by atoms with van der Waals surface area (Å²) in [6.07, 6.45) is 0.339. The monoisotopic (exact) mass is 314 g/mol. The molecule has 90 valence electrons. The fourth-order valence-electron chi connectivity index (χ4n) is 1.67. The molecule has 2 rings (SSSR count). The molecule has 4 heteroatoms. The summed E-state index contributed by atoms with van der Waals surface area (Å²) in [5.41, 5.74) is 0.563. The van der Waals surface area contributed by atoms with Crippen molar-refractivity contribution in [3.63, 3.8) is 0 Å². The molecule has 1 atom stereocenters. The molecule has 0 bridgehead atoms. The number of thiophene rings is 1. The van der Waals surface area contributed by atoms with Crippen LogP contribution < -0.4 is 0 Å². The van der Waals surface area contributed by atoms with Crippen LogP contribution in [0.1, 0.15) is 10.4 Å². The average Bonchev–Trinajstić information content (AvgIpc) is 2.68. The molecule has 1 heterocycles. The number of hydrogen-bond donors (Lipinski definition) is 1. The van der Waals surface area contributed by atoms with E-state index in [1.165, 1.54) is 6.07 Å². The highest BCUT2D eigenvalue weighted by Gasteiger charge is 2.12. The summed E-state index contributed by atoms with van der Waals surface area (Å²) in [7, 11) is 0. The summed E-state index contributed by atoms with van der Waals surface area (Å²) >= 11 is 5.01. The summed E-state index contributed by atoms with van der Waals surface area (Å²) in [4.78, 5) is 1.09. The second kappa shape index (κ2) is 5.76. The van der Waals surface area contributed by atoms with Crippen molar-refractivity contribution in [2.45, 2.75) is 18.9 Å². The summed E-state index contributed by atoms with van der Waals surface area (Å²) in [5.74, 6) is -0.253. The van der Waals surface area contributed by atoms with Crippen LogP contribution in [0, 0.1) is 5.82 Å². The van der Waals surface area contributed by atoms with E-state index < -0.39 is 6.10 Å². The lowest BCUT2D eigenvalue weighted by Crippen LogP contribution is -2.14. The normalized spacial score (nSPS) is 12.6. The van der Waals surface area contributed by atoms with Crippen LogP contribution in [0.15, 0.2) is 40.2 Å². The fraction of sp³-hybridized carbons (Fsp3) is 0.231. The van der Waals surface area contributed by atoms with E-state index in [-0.39, 0.29) is 5.82 Å². The standard InChI is InChI=1S/C13H12BrFOS/c14-11-5-6-17-13(11)8-10(16)7-9-3-1-2-4-12(9)15/h1-6,10,16H,7-8H2. The number of aliphatic hydroxyl groups excluding tert-OH is 1. The second-order valence-corrected chi connectivity index (χ2v) is 5.70. The molecule has 0 saturated carbocycles. The van der Waals surface area contributed by atoms with E-state index in [0.29, 0.717) is 18.4 Å². The Kier molecular flexibility index (Phi) is 4.31. The van der Waals surface area contributed by atoms with E-state index in [1.54, 1.807) is 29.5 Å². The molecule has 0 amide bonds. The molecule has 2 aromatic rings. The SMILES string of the molecule is OC(Cc1ccccc1F)Cc1sccc1Br. The van der Waals surface area contributed by atoms with Crippen LogP contribution in [0.4, 0.5) is 4.39 Å². The Hall–Kier alpha value is -0.710. The molecule has 0 fully saturated rings. The van der Waals surface area contributed by atoms with Crippen molar-refractivity contribution in [2.75, 3.05) is 0 Å². The van der Waals surface area contributed by atoms with Crippen molar-refractivity contribution in [3.8, 4) is 0 Å². The van der Waals surface area contributed by atoms with Crippen molar-refractivity contribution < 1.29 is 9.50 Å². The molecule has 1 nitrogen and oxygen atoms in total. The van der Waals surface area contributed by atoms with Crippen molar-refractivity contribution in [3.05, 3.63) is 56.4 Å². The molecule has 1 aromatic heterocycles. The van der Waals surface area contributed by atoms with Gasteiger partial charge in [-0.25, -0.2) is 4.39 Å². The fourth-order valence-corrected chi connectivity index (χ4v) is 3.26. The van der Waals surface area contributed by atoms with E-state index >= 15 is 0 Å². The van der Waals surface area contributed by atoms with Crippen molar-refractivity contribution in [1.82, 2.24) is 0 Å². The van der Waals surface area contributed by atoms with Crippen LogP contribution >= 0.6 is 27.3 Å². The Bertz CT molecular complexity index is 498. The van der Waals surface area contributed by atoms with Gasteiger partial charge in [0.1, 0.15) is 5.82 Å². The minimum atomic E-state index is -0.554. The third kappa shape index (κ3) is 3.37. The van der Waals surface area contributed by atoms with E-state index in [0.717, 1.165) is 9.35 Å². The van der Waals surface area contributed by atoms with Crippen LogP contribution in [0.25, 0.3) is 0 Å². The average molecular weight is 315 g/mol. The topological polar surface area (TPSA) is 20.2 Å². The van der Waals surface area contributed by atoms with Crippen LogP contribution in [0.2, 0.25) is 0 Å². The zero-order valence-electron chi connectivity index (χ0n) is 9.07. The predicted octanol–water partition coefficient (Wildman–Crippen LogP) is 3.80. The number of benzene rings is 1. The lowest BCUT2D eigenvalue weighted by Gasteiger charge is -2.10. The minimum Gasteiger partial charge on any atom is -0.392 e. The third-order valence-corrected chi connectivity index (χ3v) is 4.47. The van der Waals surface area contributed by atoms with E-state index in [9.17, 15) is 9.50 Å². The number of halogens is 2. The highest BCUT2D eigenvalue weighted by atomic mass is 79.9. The van der Waals surface area contributed by atoms with Crippen molar-refractivity contribution in [2.24, 2.45) is 0 Å². The number of rotatable bonds is 4. The lowest BCUT2D eigenvalue weighted by atomic mass is 10.0. The Morgan fingerprint density at radius 3 is 2.65 bits per heavy atom. The van der Waals surface area contributed by atoms with Gasteiger partial charge in [0, 0.05) is 22.2 Å². The Labute approximate surface area is 112 Å². The van der Waals surface area contributed by atoms with E-state index in [4.69, 9.17) is 0 Å². The maximum Gasteiger partial charge on any atom is 0.126 e. The lowest BCUT2D eigenvalue weighted by molar-refractivity contribution is 0.175. The van der Waals surface area contributed by atoms with E-state index in [2.05, 4.69) is 15.9 Å². The van der Waals surface area contributed by atoms with Gasteiger partial charge in [-0.05, 0) is 39.0 Å². The smallest absolute Gasteiger partial charge is 0.126 e. The molecular formula is C13H12BrFOS. The third-order valence-electron chi connectivity index (χ3n) is 2.53. The first kappa shape index (κ1) is 12.7. The zero-order chi connectivity index (χ0) is 12.3. The van der Waals surface area contributed by atoms with Gasteiger partial charge in [0.15, 0.2) is 0 Å². The quantitative estimate of drug-likeness (QED) is 0.910. The molecule has 0 spiro atoms. The predicted molar refractivity (Wildman–Crippen MR) is 71.8 cm³/mol. The highest BCUT2D eigenvalue weighted by molar-refractivity contribution is 9.10. The highest BCUT2D eigenvalue weighted by Crippen LogP contribution is 2.24. The largest absolute Gasteiger partial charge is 0.392 e. The minimum absolute atomic E-state index is 0.253. The first-order chi connectivity index (χ1) is 8.16. The maximum absolute atomic E-state index is 13.4. The zero-order valence-corrected chi connectivity index (χ0v) is 11.5. The molecule has 1 unspecified atom stereocenters. The molecular weight excluding hydrogens is 303 g/mol. The van der Waals surface area contributed by atoms with Crippen LogP contribution in [-0.4, -0.2) is 11.2 Å². The van der Waals surface area contributed by atoms with Gasteiger partial charge in [-0.1, -0.05) is 18.2 Å². The molecule has 17 heavy (non-hydrogen) atoms. The Balaban J connectivity index is 2.01. The van der Waals surface area contributed by atoms with Gasteiger partial charge in [-0.3, -0.25) is 0 Å². The summed E-state index contributed by atoms with van der Waals surface area (Å²) in [5, 5.41) is 11.9. The Morgan fingerprint density at radius 1 is 1.24 bits per heavy atom. The molecule has 0 aliphatic carbocycles. The van der Waals surface area contributed by atoms with Gasteiger partial charge in [0.25, 0.3) is 0 Å². The molecule has 0 saturated heterocycles. The van der Waals surface area contributed by atoms with Crippen LogP contribution in [0.5, 0.6) is 0 Å². The van der Waals surface area contributed by atoms with Crippen molar-refractivity contribution >= 4 is 27.3 Å². The van der Waals surface area contributed by atoms with Gasteiger partial charge in [-0.15, -0.1) is 11.3 Å². The van der Waals surface area contributed by atoms with Crippen molar-refractivity contribution in [1.29, 1.82) is 0 Å². The van der Waals surface area contributed by atoms with Crippen LogP contribution in [0.3, 0.4) is 0 Å². The van der Waals surface area contributed by atoms with Gasteiger partial charge in [0.05, 0.1) is 6.10 Å². The summed E-state index contributed by atoms with van der Waals surface area (Å²) in [6, 6.07) is 8.52. The van der Waals surface area contributed by atoms with Gasteiger partial charge in [0.2, 0.25) is 0 Å². The first-order valence-corrected chi connectivity index (χ1v) is 6.97. The maximum atomic E-state index is 13.4. The van der Waals surface area contributed by atoms with Gasteiger partial charge < -0.3 is 5.11 Å². The van der Waals surface area contributed by atoms with E-state index in [1.807, 2.05) is 11.4 Å². The first-order valence-electron chi connectivity index (χ1n) is 5.30.